The normalized spacial score (nSPS) is 9.83. The van der Waals surface area contributed by atoms with Crippen LogP contribution in [0.25, 0.3) is 0 Å². The molecule has 0 saturated heterocycles. The Morgan fingerprint density at radius 1 is 1.17 bits per heavy atom. The molecule has 1 heterocycles. The summed E-state index contributed by atoms with van der Waals surface area (Å²) < 4.78 is 0. The van der Waals surface area contributed by atoms with Crippen molar-refractivity contribution in [3.8, 4) is 6.07 Å². The summed E-state index contributed by atoms with van der Waals surface area (Å²) in [5.74, 6) is 1.53. The summed E-state index contributed by atoms with van der Waals surface area (Å²) in [6.45, 7) is 3.81. The molecule has 4 heteroatoms. The summed E-state index contributed by atoms with van der Waals surface area (Å²) >= 11 is 0. The molecule has 18 heavy (non-hydrogen) atoms. The van der Waals surface area contributed by atoms with Crippen LogP contribution >= 0.6 is 0 Å². The SMILES string of the molecule is Cc1cc(Nc2ccc(CC#N)cc2)nc(C)n1. The highest BCUT2D eigenvalue weighted by Crippen LogP contribution is 2.16. The number of aromatic nitrogens is 2. The molecule has 0 radical (unpaired) electrons. The van der Waals surface area contributed by atoms with Crippen LogP contribution in [0.15, 0.2) is 30.3 Å². The Labute approximate surface area is 106 Å². The fraction of sp³-hybridized carbons (Fsp3) is 0.214. The van der Waals surface area contributed by atoms with Crippen molar-refractivity contribution in [2.75, 3.05) is 5.32 Å². The Hall–Kier alpha value is -2.41. The predicted octanol–water partition coefficient (Wildman–Crippen LogP) is 2.90. The van der Waals surface area contributed by atoms with E-state index in [-0.39, 0.29) is 0 Å². The molecule has 0 saturated carbocycles. The molecular formula is C14H14N4. The fourth-order valence-electron chi connectivity index (χ4n) is 1.73. The van der Waals surface area contributed by atoms with E-state index in [2.05, 4.69) is 21.4 Å². The molecule has 2 aromatic rings. The van der Waals surface area contributed by atoms with Gasteiger partial charge in [-0.2, -0.15) is 5.26 Å². The van der Waals surface area contributed by atoms with Crippen molar-refractivity contribution in [3.05, 3.63) is 47.4 Å². The third-order valence-corrected chi connectivity index (χ3v) is 2.48. The summed E-state index contributed by atoms with van der Waals surface area (Å²) in [6.07, 6.45) is 0.437. The lowest BCUT2D eigenvalue weighted by Gasteiger charge is -2.07. The van der Waals surface area contributed by atoms with Gasteiger partial charge in [0.1, 0.15) is 11.6 Å². The van der Waals surface area contributed by atoms with Crippen molar-refractivity contribution in [3.63, 3.8) is 0 Å². The second kappa shape index (κ2) is 5.28. The Balaban J connectivity index is 2.16. The van der Waals surface area contributed by atoms with Crippen LogP contribution < -0.4 is 5.32 Å². The molecule has 0 aliphatic carbocycles. The minimum Gasteiger partial charge on any atom is -0.340 e. The highest BCUT2D eigenvalue weighted by Gasteiger charge is 2.00. The lowest BCUT2D eigenvalue weighted by atomic mass is 10.1. The second-order valence-corrected chi connectivity index (χ2v) is 4.10. The summed E-state index contributed by atoms with van der Waals surface area (Å²) in [4.78, 5) is 8.54. The van der Waals surface area contributed by atoms with Crippen molar-refractivity contribution in [1.29, 1.82) is 5.26 Å². The molecule has 2 rings (SSSR count). The molecule has 0 fully saturated rings. The van der Waals surface area contributed by atoms with Gasteiger partial charge in [-0.05, 0) is 31.5 Å². The molecule has 1 N–H and O–H groups in total. The van der Waals surface area contributed by atoms with Gasteiger partial charge in [0, 0.05) is 17.4 Å². The molecule has 4 nitrogen and oxygen atoms in total. The van der Waals surface area contributed by atoms with Gasteiger partial charge < -0.3 is 5.32 Å². The molecule has 0 amide bonds. The van der Waals surface area contributed by atoms with Gasteiger partial charge in [-0.3, -0.25) is 0 Å². The van der Waals surface area contributed by atoms with E-state index in [1.165, 1.54) is 0 Å². The van der Waals surface area contributed by atoms with Crippen LogP contribution in [0.1, 0.15) is 17.1 Å². The maximum atomic E-state index is 8.60. The second-order valence-electron chi connectivity index (χ2n) is 4.10. The molecular weight excluding hydrogens is 224 g/mol. The van der Waals surface area contributed by atoms with Crippen LogP contribution in [0, 0.1) is 25.2 Å². The molecule has 0 aliphatic rings. The Morgan fingerprint density at radius 3 is 2.50 bits per heavy atom. The molecule has 0 aliphatic heterocycles. The van der Waals surface area contributed by atoms with Crippen molar-refractivity contribution in [1.82, 2.24) is 9.97 Å². The Bertz CT molecular complexity index is 561. The number of rotatable bonds is 3. The fourth-order valence-corrected chi connectivity index (χ4v) is 1.73. The van der Waals surface area contributed by atoms with Gasteiger partial charge in [-0.15, -0.1) is 0 Å². The number of hydrogen-bond acceptors (Lipinski definition) is 4. The van der Waals surface area contributed by atoms with Crippen LogP contribution in [0.4, 0.5) is 11.5 Å². The van der Waals surface area contributed by atoms with E-state index < -0.39 is 0 Å². The molecule has 0 bridgehead atoms. The average Bonchev–Trinajstić information content (AvgIpc) is 2.31. The summed E-state index contributed by atoms with van der Waals surface area (Å²) in [7, 11) is 0. The Kier molecular flexibility index (Phi) is 3.54. The van der Waals surface area contributed by atoms with E-state index in [1.54, 1.807) is 0 Å². The zero-order valence-electron chi connectivity index (χ0n) is 10.4. The minimum absolute atomic E-state index is 0.437. The van der Waals surface area contributed by atoms with Crippen LogP contribution in [0.2, 0.25) is 0 Å². The highest BCUT2D eigenvalue weighted by atomic mass is 15.0. The van der Waals surface area contributed by atoms with Crippen LogP contribution in [-0.2, 0) is 6.42 Å². The number of benzene rings is 1. The average molecular weight is 238 g/mol. The summed E-state index contributed by atoms with van der Waals surface area (Å²) in [6, 6.07) is 11.8. The number of aryl methyl sites for hydroxylation is 2. The van der Waals surface area contributed by atoms with Gasteiger partial charge in [0.25, 0.3) is 0 Å². The number of anilines is 2. The quantitative estimate of drug-likeness (QED) is 0.893. The largest absolute Gasteiger partial charge is 0.340 e. The minimum atomic E-state index is 0.437. The van der Waals surface area contributed by atoms with E-state index in [9.17, 15) is 0 Å². The van der Waals surface area contributed by atoms with E-state index in [0.29, 0.717) is 6.42 Å². The first-order valence-electron chi connectivity index (χ1n) is 5.72. The number of nitrogens with zero attached hydrogens (tertiary/aromatic N) is 3. The molecule has 1 aromatic heterocycles. The van der Waals surface area contributed by atoms with E-state index >= 15 is 0 Å². The van der Waals surface area contributed by atoms with Crippen LogP contribution in [0.5, 0.6) is 0 Å². The van der Waals surface area contributed by atoms with Gasteiger partial charge in [0.05, 0.1) is 12.5 Å². The van der Waals surface area contributed by atoms with Crippen LogP contribution in [-0.4, -0.2) is 9.97 Å². The summed E-state index contributed by atoms with van der Waals surface area (Å²) in [5, 5.41) is 11.8. The van der Waals surface area contributed by atoms with E-state index in [0.717, 1.165) is 28.6 Å². The van der Waals surface area contributed by atoms with Crippen LogP contribution in [0.3, 0.4) is 0 Å². The van der Waals surface area contributed by atoms with Crippen molar-refractivity contribution < 1.29 is 0 Å². The van der Waals surface area contributed by atoms with Crippen molar-refractivity contribution in [2.45, 2.75) is 20.3 Å². The lowest BCUT2D eigenvalue weighted by molar-refractivity contribution is 1.01. The zero-order valence-corrected chi connectivity index (χ0v) is 10.4. The van der Waals surface area contributed by atoms with Gasteiger partial charge in [0.2, 0.25) is 0 Å². The monoisotopic (exact) mass is 238 g/mol. The maximum Gasteiger partial charge on any atom is 0.134 e. The molecule has 0 atom stereocenters. The molecule has 1 aromatic carbocycles. The first-order valence-corrected chi connectivity index (χ1v) is 5.72. The van der Waals surface area contributed by atoms with E-state index in [4.69, 9.17) is 5.26 Å². The lowest BCUT2D eigenvalue weighted by Crippen LogP contribution is -1.98. The first kappa shape index (κ1) is 12.1. The third-order valence-electron chi connectivity index (χ3n) is 2.48. The Morgan fingerprint density at radius 2 is 1.89 bits per heavy atom. The highest BCUT2D eigenvalue weighted by molar-refractivity contribution is 5.56. The van der Waals surface area contributed by atoms with Crippen molar-refractivity contribution in [2.24, 2.45) is 0 Å². The molecule has 0 unspecified atom stereocenters. The number of nitriles is 1. The standard InChI is InChI=1S/C14H14N4/c1-10-9-14(17-11(2)16-10)18-13-5-3-12(4-6-13)7-8-15/h3-6,9H,7H2,1-2H3,(H,16,17,18). The third kappa shape index (κ3) is 3.05. The number of hydrogen-bond donors (Lipinski definition) is 1. The zero-order chi connectivity index (χ0) is 13.0. The van der Waals surface area contributed by atoms with Gasteiger partial charge >= 0.3 is 0 Å². The first-order chi connectivity index (χ1) is 8.67. The predicted molar refractivity (Wildman–Crippen MR) is 70.5 cm³/mol. The maximum absolute atomic E-state index is 8.60. The summed E-state index contributed by atoms with van der Waals surface area (Å²) in [5.41, 5.74) is 2.90. The molecule has 90 valence electrons. The van der Waals surface area contributed by atoms with Gasteiger partial charge in [-0.25, -0.2) is 9.97 Å². The number of nitrogens with one attached hydrogen (secondary N) is 1. The van der Waals surface area contributed by atoms with Crippen molar-refractivity contribution >= 4 is 11.5 Å². The molecule has 0 spiro atoms. The topological polar surface area (TPSA) is 61.6 Å². The van der Waals surface area contributed by atoms with Gasteiger partial charge in [0.15, 0.2) is 0 Å². The smallest absolute Gasteiger partial charge is 0.134 e. The van der Waals surface area contributed by atoms with E-state index in [1.807, 2.05) is 44.2 Å². The van der Waals surface area contributed by atoms with Gasteiger partial charge in [-0.1, -0.05) is 12.1 Å².